The van der Waals surface area contributed by atoms with Crippen molar-refractivity contribution in [3.05, 3.63) is 12.2 Å². The number of methoxy groups -OCH3 is 2. The lowest BCUT2D eigenvalue weighted by molar-refractivity contribution is -0.138. The molecular formula is C13H26O4Si. The van der Waals surface area contributed by atoms with Crippen LogP contribution in [0.2, 0.25) is 12.1 Å². The van der Waals surface area contributed by atoms with Crippen molar-refractivity contribution < 1.29 is 19.0 Å². The fourth-order valence-electron chi connectivity index (χ4n) is 1.90. The normalized spacial score (nSPS) is 12.5. The lowest BCUT2D eigenvalue weighted by Crippen LogP contribution is -2.34. The summed E-state index contributed by atoms with van der Waals surface area (Å²) in [7, 11) is 2.28. The molecule has 0 bridgehead atoms. The van der Waals surface area contributed by atoms with E-state index >= 15 is 0 Å². The highest BCUT2D eigenvalue weighted by Gasteiger charge is 2.21. The molecule has 0 aliphatic carbocycles. The zero-order chi connectivity index (χ0) is 14.0. The first-order chi connectivity index (χ1) is 8.56. The molecule has 0 fully saturated rings. The van der Waals surface area contributed by atoms with Gasteiger partial charge in [-0.25, -0.2) is 4.79 Å². The van der Waals surface area contributed by atoms with Crippen molar-refractivity contribution in [2.75, 3.05) is 20.8 Å². The topological polar surface area (TPSA) is 44.8 Å². The average molecular weight is 274 g/mol. The van der Waals surface area contributed by atoms with E-state index in [2.05, 4.69) is 13.5 Å². The van der Waals surface area contributed by atoms with Crippen molar-refractivity contribution in [2.45, 2.75) is 44.7 Å². The van der Waals surface area contributed by atoms with E-state index in [-0.39, 0.29) is 11.9 Å². The molecule has 1 atom stereocenters. The summed E-state index contributed by atoms with van der Waals surface area (Å²) in [4.78, 5) is 11.2. The first-order valence-corrected chi connectivity index (χ1v) is 8.74. The maximum absolute atomic E-state index is 11.2. The monoisotopic (exact) mass is 274 g/mol. The van der Waals surface area contributed by atoms with Crippen LogP contribution in [0.15, 0.2) is 12.2 Å². The molecule has 0 saturated heterocycles. The van der Waals surface area contributed by atoms with Crippen LogP contribution in [0, 0.1) is 0 Å². The largest absolute Gasteiger partial charge is 0.462 e. The molecule has 18 heavy (non-hydrogen) atoms. The number of carbonyl (C=O) groups excluding carboxylic acids is 1. The Balaban J connectivity index is 3.97. The minimum absolute atomic E-state index is 0.0400. The molecule has 0 N–H and O–H groups in total. The van der Waals surface area contributed by atoms with Gasteiger partial charge >= 0.3 is 5.97 Å². The van der Waals surface area contributed by atoms with E-state index in [4.69, 9.17) is 14.2 Å². The van der Waals surface area contributed by atoms with Crippen molar-refractivity contribution in [1.29, 1.82) is 0 Å². The van der Waals surface area contributed by atoms with Crippen LogP contribution in [0.25, 0.3) is 0 Å². The first-order valence-electron chi connectivity index (χ1n) is 6.45. The number of rotatable bonds is 10. The number of ether oxygens (including phenoxy) is 3. The number of hydrogen-bond acceptors (Lipinski definition) is 4. The molecule has 0 aliphatic rings. The van der Waals surface area contributed by atoms with Crippen molar-refractivity contribution in [3.63, 3.8) is 0 Å². The van der Waals surface area contributed by atoms with E-state index in [9.17, 15) is 4.79 Å². The summed E-state index contributed by atoms with van der Waals surface area (Å²) in [5.41, 5.74) is 0.448. The molecular weight excluding hydrogens is 248 g/mol. The van der Waals surface area contributed by atoms with Crippen LogP contribution in [0.1, 0.15) is 26.7 Å². The van der Waals surface area contributed by atoms with Crippen LogP contribution in [0.5, 0.6) is 0 Å². The van der Waals surface area contributed by atoms with E-state index in [1.54, 1.807) is 21.1 Å². The molecule has 0 aromatic carbocycles. The molecule has 0 aliphatic heterocycles. The van der Waals surface area contributed by atoms with Gasteiger partial charge in [0.25, 0.3) is 0 Å². The van der Waals surface area contributed by atoms with Crippen molar-refractivity contribution in [3.8, 4) is 0 Å². The molecule has 0 saturated carbocycles. The second-order valence-corrected chi connectivity index (χ2v) is 7.67. The van der Waals surface area contributed by atoms with E-state index in [0.29, 0.717) is 12.2 Å². The van der Waals surface area contributed by atoms with Crippen LogP contribution in [-0.4, -0.2) is 41.5 Å². The van der Waals surface area contributed by atoms with Gasteiger partial charge < -0.3 is 14.2 Å². The standard InChI is InChI=1S/C13H26O4Si/c1-6-9-18(13(15-4)16-5)10-7-8-17-12(14)11(2)3/h13,18H,2,6-10H2,1,3-5H3. The van der Waals surface area contributed by atoms with Crippen LogP contribution in [0.4, 0.5) is 0 Å². The first kappa shape index (κ1) is 17.3. The van der Waals surface area contributed by atoms with Gasteiger partial charge in [0.2, 0.25) is 0 Å². The SMILES string of the molecule is C=C(C)C(=O)OCCC[SiH](CCC)C(OC)OC. The Morgan fingerprint density at radius 3 is 2.33 bits per heavy atom. The van der Waals surface area contributed by atoms with Gasteiger partial charge in [-0.2, -0.15) is 0 Å². The highest BCUT2D eigenvalue weighted by Crippen LogP contribution is 2.13. The summed E-state index contributed by atoms with van der Waals surface area (Å²) in [5.74, 6) is -0.347. The van der Waals surface area contributed by atoms with Gasteiger partial charge in [-0.05, 0) is 13.3 Å². The molecule has 4 nitrogen and oxygen atoms in total. The van der Waals surface area contributed by atoms with E-state index < -0.39 is 8.80 Å². The van der Waals surface area contributed by atoms with Crippen molar-refractivity contribution in [1.82, 2.24) is 0 Å². The van der Waals surface area contributed by atoms with Crippen molar-refractivity contribution in [2.24, 2.45) is 0 Å². The maximum Gasteiger partial charge on any atom is 0.333 e. The molecule has 0 rings (SSSR count). The molecule has 0 heterocycles. The summed E-state index contributed by atoms with van der Waals surface area (Å²) >= 11 is 0. The van der Waals surface area contributed by atoms with Crippen LogP contribution >= 0.6 is 0 Å². The molecule has 0 radical (unpaired) electrons. The number of carbonyl (C=O) groups is 1. The summed E-state index contributed by atoms with van der Waals surface area (Å²) in [6.07, 6.45) is 2.02. The molecule has 1 unspecified atom stereocenters. The van der Waals surface area contributed by atoms with Crippen LogP contribution < -0.4 is 0 Å². The molecule has 0 aromatic heterocycles. The summed E-state index contributed by atoms with van der Waals surface area (Å²) in [6, 6.07) is 2.24. The van der Waals surface area contributed by atoms with Gasteiger partial charge in [-0.3, -0.25) is 0 Å². The third-order valence-electron chi connectivity index (χ3n) is 2.81. The highest BCUT2D eigenvalue weighted by molar-refractivity contribution is 6.59. The summed E-state index contributed by atoms with van der Waals surface area (Å²) in [6.45, 7) is 7.83. The smallest absolute Gasteiger partial charge is 0.333 e. The predicted octanol–water partition coefficient (Wildman–Crippen LogP) is 2.29. The Morgan fingerprint density at radius 1 is 1.28 bits per heavy atom. The third-order valence-corrected chi connectivity index (χ3v) is 6.59. The Labute approximate surface area is 112 Å². The lowest BCUT2D eigenvalue weighted by Gasteiger charge is -2.23. The third kappa shape index (κ3) is 6.93. The van der Waals surface area contributed by atoms with Gasteiger partial charge in [-0.1, -0.05) is 32.0 Å². The fraction of sp³-hybridized carbons (Fsp3) is 0.769. The van der Waals surface area contributed by atoms with Gasteiger partial charge in [0.15, 0.2) is 0 Å². The predicted molar refractivity (Wildman–Crippen MR) is 75.3 cm³/mol. The molecule has 5 heteroatoms. The second kappa shape index (κ2) is 10.3. The maximum atomic E-state index is 11.2. The van der Waals surface area contributed by atoms with Gasteiger partial charge in [0, 0.05) is 19.8 Å². The molecule has 0 spiro atoms. The average Bonchev–Trinajstić information content (AvgIpc) is 2.35. The number of hydrogen-bond donors (Lipinski definition) is 0. The molecule has 106 valence electrons. The van der Waals surface area contributed by atoms with Crippen molar-refractivity contribution >= 4 is 14.8 Å². The van der Waals surface area contributed by atoms with E-state index in [1.165, 1.54) is 6.04 Å². The summed E-state index contributed by atoms with van der Waals surface area (Å²) < 4.78 is 15.8. The zero-order valence-electron chi connectivity index (χ0n) is 12.0. The van der Waals surface area contributed by atoms with E-state index in [1.807, 2.05) is 0 Å². The quantitative estimate of drug-likeness (QED) is 0.202. The minimum atomic E-state index is -1.09. The lowest BCUT2D eigenvalue weighted by atomic mass is 10.4. The van der Waals surface area contributed by atoms with Gasteiger partial charge in [-0.15, -0.1) is 0 Å². The Kier molecular flexibility index (Phi) is 9.91. The second-order valence-electron chi connectivity index (χ2n) is 4.45. The van der Waals surface area contributed by atoms with Gasteiger partial charge in [0.05, 0.1) is 6.61 Å². The molecule has 0 amide bonds. The Morgan fingerprint density at radius 2 is 1.89 bits per heavy atom. The highest BCUT2D eigenvalue weighted by atomic mass is 28.3. The van der Waals surface area contributed by atoms with Crippen LogP contribution in [-0.2, 0) is 19.0 Å². The molecule has 0 aromatic rings. The Bertz CT molecular complexity index is 251. The number of esters is 1. The zero-order valence-corrected chi connectivity index (χ0v) is 13.2. The Hall–Kier alpha value is -0.653. The van der Waals surface area contributed by atoms with E-state index in [0.717, 1.165) is 18.9 Å². The van der Waals surface area contributed by atoms with Gasteiger partial charge in [0.1, 0.15) is 14.7 Å². The fourth-order valence-corrected chi connectivity index (χ4v) is 4.94. The van der Waals surface area contributed by atoms with Crippen LogP contribution in [0.3, 0.4) is 0 Å². The summed E-state index contributed by atoms with van der Waals surface area (Å²) in [5, 5.41) is 0. The minimum Gasteiger partial charge on any atom is -0.462 e.